The van der Waals surface area contributed by atoms with Crippen LogP contribution in [0.25, 0.3) is 0 Å². The molecule has 1 aromatic rings. The van der Waals surface area contributed by atoms with E-state index in [2.05, 4.69) is 5.16 Å². The van der Waals surface area contributed by atoms with Crippen LogP contribution in [0.3, 0.4) is 0 Å². The van der Waals surface area contributed by atoms with Crippen LogP contribution >= 0.6 is 11.8 Å². The maximum atomic E-state index is 11.9. The quantitative estimate of drug-likeness (QED) is 0.715. The van der Waals surface area contributed by atoms with Gasteiger partial charge in [0, 0.05) is 11.3 Å². The molecule has 0 unspecified atom stereocenters. The molecule has 9 heteroatoms. The minimum atomic E-state index is -1.06. The van der Waals surface area contributed by atoms with E-state index in [1.54, 1.807) is 20.8 Å². The lowest BCUT2D eigenvalue weighted by molar-refractivity contribution is -0.155. The van der Waals surface area contributed by atoms with Crippen LogP contribution in [0.2, 0.25) is 0 Å². The van der Waals surface area contributed by atoms with Gasteiger partial charge in [-0.15, -0.1) is 11.8 Å². The van der Waals surface area contributed by atoms with Crippen molar-refractivity contribution in [2.75, 3.05) is 5.75 Å². The largest absolute Gasteiger partial charge is 0.451 e. The number of ether oxygens (including phenoxy) is 1. The second kappa shape index (κ2) is 8.56. The Hall–Kier alpha value is -2.03. The van der Waals surface area contributed by atoms with Gasteiger partial charge in [0.25, 0.3) is 5.91 Å². The van der Waals surface area contributed by atoms with E-state index in [1.807, 2.05) is 12.2 Å². The number of aromatic nitrogens is 1. The molecule has 0 aliphatic carbocycles. The molecular formula is C14H21N3O5S. The molecular weight excluding hydrogens is 322 g/mol. The van der Waals surface area contributed by atoms with Crippen LogP contribution in [0.1, 0.15) is 30.9 Å². The number of nitrogens with two attached hydrogens (primary N) is 1. The van der Waals surface area contributed by atoms with Crippen LogP contribution < -0.4 is 11.1 Å². The smallest absolute Gasteiger partial charge is 0.318 e. The van der Waals surface area contributed by atoms with E-state index < -0.39 is 24.0 Å². The van der Waals surface area contributed by atoms with Crippen LogP contribution in [0, 0.1) is 19.8 Å². The summed E-state index contributed by atoms with van der Waals surface area (Å²) in [5.74, 6) is -0.223. The monoisotopic (exact) mass is 343 g/mol. The van der Waals surface area contributed by atoms with Crippen molar-refractivity contribution in [1.82, 2.24) is 10.5 Å². The van der Waals surface area contributed by atoms with Gasteiger partial charge in [-0.25, -0.2) is 4.79 Å². The number of nitrogens with one attached hydrogen (secondary N) is 1. The highest BCUT2D eigenvalue weighted by molar-refractivity contribution is 7.99. The van der Waals surface area contributed by atoms with Gasteiger partial charge in [-0.2, -0.15) is 0 Å². The normalized spacial score (nSPS) is 12.0. The summed E-state index contributed by atoms with van der Waals surface area (Å²) in [6.07, 6.45) is -1.06. The molecule has 1 aromatic heterocycles. The van der Waals surface area contributed by atoms with Crippen molar-refractivity contribution < 1.29 is 23.6 Å². The first-order valence-corrected chi connectivity index (χ1v) is 8.17. The van der Waals surface area contributed by atoms with E-state index in [0.29, 0.717) is 11.5 Å². The molecule has 0 spiro atoms. The van der Waals surface area contributed by atoms with Crippen LogP contribution in [0.15, 0.2) is 4.52 Å². The fraction of sp³-hybridized carbons (Fsp3) is 0.571. The van der Waals surface area contributed by atoms with Gasteiger partial charge >= 0.3 is 12.0 Å². The number of aryl methyl sites for hydroxylation is 2. The van der Waals surface area contributed by atoms with Crippen molar-refractivity contribution in [3.05, 3.63) is 17.0 Å². The third kappa shape index (κ3) is 5.93. The zero-order valence-corrected chi connectivity index (χ0v) is 14.4. The molecule has 1 rings (SSSR count). The lowest BCUT2D eigenvalue weighted by Crippen LogP contribution is -2.45. The standard InChI is InChI=1S/C14H21N3O5S/c1-7(2)12(13(19)16-14(15)20)21-11(18)6-23-5-10-8(3)17-22-9(10)4/h7,12H,5-6H2,1-4H3,(H3,15,16,19,20)/t12-/m1/s1. The first-order valence-electron chi connectivity index (χ1n) is 7.01. The second-order valence-corrected chi connectivity index (χ2v) is 6.29. The van der Waals surface area contributed by atoms with E-state index in [1.165, 1.54) is 11.8 Å². The minimum absolute atomic E-state index is 0.0666. The van der Waals surface area contributed by atoms with Gasteiger partial charge in [0.05, 0.1) is 11.4 Å². The highest BCUT2D eigenvalue weighted by Crippen LogP contribution is 2.20. The number of rotatable bonds is 7. The van der Waals surface area contributed by atoms with Crippen molar-refractivity contribution in [3.63, 3.8) is 0 Å². The van der Waals surface area contributed by atoms with Gasteiger partial charge < -0.3 is 15.0 Å². The average molecular weight is 343 g/mol. The fourth-order valence-corrected chi connectivity index (χ4v) is 2.76. The fourth-order valence-electron chi connectivity index (χ4n) is 1.80. The molecule has 0 fully saturated rings. The lowest BCUT2D eigenvalue weighted by atomic mass is 10.1. The van der Waals surface area contributed by atoms with Crippen LogP contribution in [0.4, 0.5) is 4.79 Å². The summed E-state index contributed by atoms with van der Waals surface area (Å²) in [6, 6.07) is -0.982. The minimum Gasteiger partial charge on any atom is -0.451 e. The van der Waals surface area contributed by atoms with E-state index in [9.17, 15) is 14.4 Å². The van der Waals surface area contributed by atoms with Crippen LogP contribution in [0.5, 0.6) is 0 Å². The van der Waals surface area contributed by atoms with Gasteiger partial charge in [0.1, 0.15) is 5.76 Å². The summed E-state index contributed by atoms with van der Waals surface area (Å²) < 4.78 is 10.2. The Balaban J connectivity index is 2.50. The number of carbonyl (C=O) groups excluding carboxylic acids is 3. The highest BCUT2D eigenvalue weighted by atomic mass is 32.2. The van der Waals surface area contributed by atoms with Crippen molar-refractivity contribution in [3.8, 4) is 0 Å². The summed E-state index contributed by atoms with van der Waals surface area (Å²) in [5, 5.41) is 5.75. The van der Waals surface area contributed by atoms with E-state index in [0.717, 1.165) is 11.3 Å². The number of urea groups is 1. The molecule has 0 aliphatic heterocycles. The molecule has 0 radical (unpaired) electrons. The highest BCUT2D eigenvalue weighted by Gasteiger charge is 2.27. The zero-order chi connectivity index (χ0) is 17.6. The van der Waals surface area contributed by atoms with Crippen LogP contribution in [-0.2, 0) is 20.1 Å². The molecule has 23 heavy (non-hydrogen) atoms. The second-order valence-electron chi connectivity index (χ2n) is 5.30. The number of primary amides is 1. The number of hydrogen-bond acceptors (Lipinski definition) is 7. The summed E-state index contributed by atoms with van der Waals surface area (Å²) >= 11 is 1.33. The maximum absolute atomic E-state index is 11.9. The number of carbonyl (C=O) groups is 3. The summed E-state index contributed by atoms with van der Waals surface area (Å²) in [4.78, 5) is 34.4. The Morgan fingerprint density at radius 3 is 2.48 bits per heavy atom. The van der Waals surface area contributed by atoms with Gasteiger partial charge in [0.15, 0.2) is 6.10 Å². The maximum Gasteiger partial charge on any atom is 0.318 e. The summed E-state index contributed by atoms with van der Waals surface area (Å²) in [6.45, 7) is 7.04. The third-order valence-corrected chi connectivity index (χ3v) is 3.95. The molecule has 1 atom stereocenters. The van der Waals surface area contributed by atoms with E-state index >= 15 is 0 Å². The van der Waals surface area contributed by atoms with Crippen molar-refractivity contribution >= 4 is 29.7 Å². The molecule has 0 bridgehead atoms. The Kier molecular flexibility index (Phi) is 7.08. The van der Waals surface area contributed by atoms with E-state index in [-0.39, 0.29) is 11.7 Å². The van der Waals surface area contributed by atoms with Crippen molar-refractivity contribution in [2.24, 2.45) is 11.7 Å². The summed E-state index contributed by atoms with van der Waals surface area (Å²) in [5.41, 5.74) is 6.62. The topological polar surface area (TPSA) is 125 Å². The molecule has 3 N–H and O–H groups in total. The predicted molar refractivity (Wildman–Crippen MR) is 84.6 cm³/mol. The number of nitrogens with zero attached hydrogens (tertiary/aromatic N) is 1. The zero-order valence-electron chi connectivity index (χ0n) is 13.5. The molecule has 128 valence electrons. The molecule has 0 aromatic carbocycles. The number of amides is 3. The SMILES string of the molecule is Cc1noc(C)c1CSCC(=O)O[C@@H](C(=O)NC(N)=O)C(C)C. The number of imide groups is 1. The Morgan fingerprint density at radius 1 is 1.35 bits per heavy atom. The third-order valence-electron chi connectivity index (χ3n) is 3.02. The van der Waals surface area contributed by atoms with Crippen molar-refractivity contribution in [1.29, 1.82) is 0 Å². The van der Waals surface area contributed by atoms with Crippen LogP contribution in [-0.4, -0.2) is 34.9 Å². The predicted octanol–water partition coefficient (Wildman–Crippen LogP) is 1.29. The molecule has 8 nitrogen and oxygen atoms in total. The first kappa shape index (κ1) is 19.0. The molecule has 1 heterocycles. The Labute approximate surface area is 138 Å². The number of hydrogen-bond donors (Lipinski definition) is 2. The van der Waals surface area contributed by atoms with Gasteiger partial charge in [0.2, 0.25) is 0 Å². The molecule has 3 amide bonds. The molecule has 0 aliphatic rings. The lowest BCUT2D eigenvalue weighted by Gasteiger charge is -2.19. The number of thioether (sulfide) groups is 1. The Bertz CT molecular complexity index is 565. The van der Waals surface area contributed by atoms with Crippen molar-refractivity contribution in [2.45, 2.75) is 39.6 Å². The molecule has 0 saturated heterocycles. The van der Waals surface area contributed by atoms with E-state index in [4.69, 9.17) is 15.0 Å². The number of esters is 1. The van der Waals surface area contributed by atoms with Gasteiger partial charge in [-0.05, 0) is 19.8 Å². The van der Waals surface area contributed by atoms with Gasteiger partial charge in [-0.3, -0.25) is 14.9 Å². The van der Waals surface area contributed by atoms with Gasteiger partial charge in [-0.1, -0.05) is 19.0 Å². The first-order chi connectivity index (χ1) is 10.7. The average Bonchev–Trinajstić information content (AvgIpc) is 2.75. The molecule has 0 saturated carbocycles. The summed E-state index contributed by atoms with van der Waals surface area (Å²) in [7, 11) is 0. The Morgan fingerprint density at radius 2 is 2.00 bits per heavy atom.